The molecule has 2 N–H and O–H groups in total. The number of nitrogens with one attached hydrogen (secondary N) is 2. The van der Waals surface area contributed by atoms with E-state index in [0.717, 1.165) is 16.7 Å². The molecule has 12 heteroatoms. The quantitative estimate of drug-likeness (QED) is 0.302. The number of hydrogen-bond donors (Lipinski definition) is 2. The number of carbonyl (C=O) groups is 2. The third kappa shape index (κ3) is 5.65. The van der Waals surface area contributed by atoms with Crippen LogP contribution in [0.2, 0.25) is 0 Å². The van der Waals surface area contributed by atoms with Gasteiger partial charge in [0.05, 0.1) is 6.61 Å². The lowest BCUT2D eigenvalue weighted by atomic mass is 9.99. The van der Waals surface area contributed by atoms with Crippen molar-refractivity contribution in [1.29, 1.82) is 0 Å². The summed E-state index contributed by atoms with van der Waals surface area (Å²) in [5.74, 6) is -0.661. The van der Waals surface area contributed by atoms with E-state index in [4.69, 9.17) is 4.74 Å². The lowest BCUT2D eigenvalue weighted by Crippen LogP contribution is -2.28. The van der Waals surface area contributed by atoms with E-state index in [1.165, 1.54) is 24.4 Å². The predicted octanol–water partition coefficient (Wildman–Crippen LogP) is 5.72. The van der Waals surface area contributed by atoms with Crippen molar-refractivity contribution >= 4 is 39.9 Å². The van der Waals surface area contributed by atoms with E-state index in [9.17, 15) is 27.6 Å². The van der Waals surface area contributed by atoms with Gasteiger partial charge in [-0.3, -0.25) is 10.1 Å². The first-order valence-electron chi connectivity index (χ1n) is 11.4. The van der Waals surface area contributed by atoms with Crippen LogP contribution in [0.4, 0.5) is 23.8 Å². The van der Waals surface area contributed by atoms with E-state index in [1.54, 1.807) is 38.1 Å². The van der Waals surface area contributed by atoms with E-state index in [0.29, 0.717) is 23.1 Å². The largest absolute Gasteiger partial charge is 0.462 e. The maximum absolute atomic E-state index is 13.3. The summed E-state index contributed by atoms with van der Waals surface area (Å²) in [6.07, 6.45) is -3.25. The number of alkyl halides is 3. The number of fused-ring (bicyclic) bond motifs is 1. The van der Waals surface area contributed by atoms with Crippen molar-refractivity contribution in [3.8, 4) is 21.7 Å². The first-order chi connectivity index (χ1) is 18.1. The Kier molecular flexibility index (Phi) is 7.72. The standard InChI is InChI=1S/C26H21F3N4O4S/c1-3-30-25(36)33-21-11-18(23-32-20(13-38-23)26(27,28)29)19(12-31-21)15-9-8-14-6-5-7-16(24(35)37-4-2)22(34)17(14)10-15/h5-13H,3-4H2,1-2H3,(H2,30,31,33,36). The van der Waals surface area contributed by atoms with Crippen LogP contribution in [0.25, 0.3) is 32.5 Å². The molecule has 2 aromatic heterocycles. The van der Waals surface area contributed by atoms with Gasteiger partial charge in [-0.25, -0.2) is 19.6 Å². The molecule has 4 aromatic rings. The van der Waals surface area contributed by atoms with Crippen LogP contribution >= 0.6 is 11.3 Å². The van der Waals surface area contributed by atoms with Gasteiger partial charge in [-0.15, -0.1) is 11.3 Å². The minimum absolute atomic E-state index is 0.0435. The molecule has 0 atom stereocenters. The van der Waals surface area contributed by atoms with Gasteiger partial charge in [0.15, 0.2) is 5.69 Å². The normalized spacial score (nSPS) is 11.3. The van der Waals surface area contributed by atoms with Crippen LogP contribution in [0.3, 0.4) is 0 Å². The molecule has 4 rings (SSSR count). The minimum atomic E-state index is -4.64. The number of aromatic nitrogens is 2. The van der Waals surface area contributed by atoms with E-state index in [1.807, 2.05) is 0 Å². The summed E-state index contributed by atoms with van der Waals surface area (Å²) in [7, 11) is 0. The summed E-state index contributed by atoms with van der Waals surface area (Å²) < 4.78 is 44.8. The second kappa shape index (κ2) is 11.0. The Balaban J connectivity index is 1.90. The summed E-state index contributed by atoms with van der Waals surface area (Å²) in [6.45, 7) is 3.81. The molecular weight excluding hydrogens is 521 g/mol. The van der Waals surface area contributed by atoms with E-state index >= 15 is 0 Å². The van der Waals surface area contributed by atoms with Crippen molar-refractivity contribution in [2.24, 2.45) is 0 Å². The number of nitrogens with zero attached hydrogens (tertiary/aromatic N) is 2. The fraction of sp³-hybridized carbons (Fsp3) is 0.192. The molecule has 0 fully saturated rings. The van der Waals surface area contributed by atoms with Gasteiger partial charge in [-0.1, -0.05) is 24.3 Å². The molecule has 0 saturated carbocycles. The number of urea groups is 1. The molecule has 0 aliphatic heterocycles. The molecule has 0 radical (unpaired) electrons. The average molecular weight is 543 g/mol. The van der Waals surface area contributed by atoms with Crippen molar-refractivity contribution in [3.63, 3.8) is 0 Å². The number of esters is 1. The smallest absolute Gasteiger partial charge is 0.434 e. The second-order valence-electron chi connectivity index (χ2n) is 7.93. The van der Waals surface area contributed by atoms with E-state index < -0.39 is 29.3 Å². The number of amides is 2. The SMILES string of the molecule is CCNC(=O)Nc1cc(-c2nc(C(F)(F)F)cs2)c(-c2ccc3cccc(C(=O)OCC)c(=O)c3c2)cn1. The maximum Gasteiger partial charge on any atom is 0.434 e. The molecule has 196 valence electrons. The fourth-order valence-electron chi connectivity index (χ4n) is 3.68. The Morgan fingerprint density at radius 3 is 2.55 bits per heavy atom. The first kappa shape index (κ1) is 26.7. The van der Waals surface area contributed by atoms with Gasteiger partial charge in [0.1, 0.15) is 16.4 Å². The number of benzene rings is 1. The molecule has 8 nitrogen and oxygen atoms in total. The molecule has 0 bridgehead atoms. The summed E-state index contributed by atoms with van der Waals surface area (Å²) in [5.41, 5.74) is -0.655. The van der Waals surface area contributed by atoms with Crippen molar-refractivity contribution in [2.75, 3.05) is 18.5 Å². The zero-order chi connectivity index (χ0) is 27.4. The Hall–Kier alpha value is -4.32. The number of anilines is 1. The number of halogens is 3. The maximum atomic E-state index is 13.3. The molecule has 2 heterocycles. The van der Waals surface area contributed by atoms with Crippen molar-refractivity contribution in [1.82, 2.24) is 15.3 Å². The van der Waals surface area contributed by atoms with Crippen LogP contribution < -0.4 is 16.1 Å². The highest BCUT2D eigenvalue weighted by atomic mass is 32.1. The van der Waals surface area contributed by atoms with Crippen LogP contribution in [-0.4, -0.2) is 35.1 Å². The van der Waals surface area contributed by atoms with Gasteiger partial charge in [0.25, 0.3) is 0 Å². The van der Waals surface area contributed by atoms with Gasteiger partial charge >= 0.3 is 18.2 Å². The third-order valence-corrected chi connectivity index (χ3v) is 6.27. The summed E-state index contributed by atoms with van der Waals surface area (Å²) >= 11 is 0.783. The van der Waals surface area contributed by atoms with Gasteiger partial charge in [-0.2, -0.15) is 13.2 Å². The van der Waals surface area contributed by atoms with Crippen LogP contribution in [0.5, 0.6) is 0 Å². The molecule has 0 saturated heterocycles. The molecule has 0 aliphatic rings. The Bertz CT molecular complexity index is 1590. The van der Waals surface area contributed by atoms with Crippen LogP contribution in [0.15, 0.2) is 58.8 Å². The molecular formula is C26H21F3N4O4S. The lowest BCUT2D eigenvalue weighted by molar-refractivity contribution is -0.140. The van der Waals surface area contributed by atoms with E-state index in [-0.39, 0.29) is 33.9 Å². The van der Waals surface area contributed by atoms with Gasteiger partial charge in [0, 0.05) is 34.6 Å². The van der Waals surface area contributed by atoms with Gasteiger partial charge in [-0.05, 0) is 43.0 Å². The van der Waals surface area contributed by atoms with Crippen LogP contribution in [0, 0.1) is 0 Å². The second-order valence-corrected chi connectivity index (χ2v) is 8.78. The predicted molar refractivity (Wildman–Crippen MR) is 138 cm³/mol. The lowest BCUT2D eigenvalue weighted by Gasteiger charge is -2.12. The van der Waals surface area contributed by atoms with Gasteiger partial charge in [0.2, 0.25) is 5.43 Å². The summed E-state index contributed by atoms with van der Waals surface area (Å²) in [5, 5.41) is 6.79. The fourth-order valence-corrected chi connectivity index (χ4v) is 4.54. The monoisotopic (exact) mass is 542 g/mol. The molecule has 0 spiro atoms. The summed E-state index contributed by atoms with van der Waals surface area (Å²) in [4.78, 5) is 45.5. The average Bonchev–Trinajstić information content (AvgIpc) is 3.32. The zero-order valence-electron chi connectivity index (χ0n) is 20.2. The highest BCUT2D eigenvalue weighted by molar-refractivity contribution is 7.13. The van der Waals surface area contributed by atoms with Crippen LogP contribution in [-0.2, 0) is 10.9 Å². The number of pyridine rings is 1. The Morgan fingerprint density at radius 1 is 1.08 bits per heavy atom. The number of ether oxygens (including phenoxy) is 1. The Labute approximate surface area is 218 Å². The molecule has 2 aromatic carbocycles. The zero-order valence-corrected chi connectivity index (χ0v) is 21.0. The molecule has 38 heavy (non-hydrogen) atoms. The highest BCUT2D eigenvalue weighted by Gasteiger charge is 2.34. The van der Waals surface area contributed by atoms with Gasteiger partial charge < -0.3 is 10.1 Å². The molecule has 0 unspecified atom stereocenters. The number of thiazole rings is 1. The molecule has 2 amide bonds. The molecule has 0 aliphatic carbocycles. The number of carbonyl (C=O) groups excluding carboxylic acids is 2. The minimum Gasteiger partial charge on any atom is -0.462 e. The number of rotatable bonds is 6. The highest BCUT2D eigenvalue weighted by Crippen LogP contribution is 2.38. The van der Waals surface area contributed by atoms with E-state index in [2.05, 4.69) is 20.6 Å². The van der Waals surface area contributed by atoms with Crippen LogP contribution in [0.1, 0.15) is 29.9 Å². The Morgan fingerprint density at radius 2 is 1.87 bits per heavy atom. The topological polar surface area (TPSA) is 110 Å². The van der Waals surface area contributed by atoms with Crippen molar-refractivity contribution < 1.29 is 27.5 Å². The van der Waals surface area contributed by atoms with Crippen molar-refractivity contribution in [3.05, 3.63) is 75.5 Å². The van der Waals surface area contributed by atoms with Crippen molar-refractivity contribution in [2.45, 2.75) is 20.0 Å². The first-order valence-corrected chi connectivity index (χ1v) is 12.3. The number of hydrogen-bond acceptors (Lipinski definition) is 7. The summed E-state index contributed by atoms with van der Waals surface area (Å²) in [6, 6.07) is 10.4. The third-order valence-electron chi connectivity index (χ3n) is 5.40.